The Labute approximate surface area is 513 Å². The SMILES string of the molecule is Cc1c(F)c(F)c(-n2c[n+]3c(n2)CO[C@H]2Cc4ccccc4[C@H]23)c(F)c1F.Cn1c[n+]2c(n1)CC[C@H]2Cc1ccccc1.FC(F)(F)c1cc(Cl)c(-n2c[n+]3c(n2)CO[C@H]2Cc4ccccc4[C@H]23)c(Cl)c1.Fc1c(F)c(F)c(-n2c[n+]3c(n2)CCC3)c(F)c1F. The van der Waals surface area contributed by atoms with E-state index in [2.05, 4.69) is 73.8 Å². The van der Waals surface area contributed by atoms with Crippen molar-refractivity contribution in [1.82, 2.24) is 39.1 Å². The maximum Gasteiger partial charge on any atom is 0.416 e. The summed E-state index contributed by atoms with van der Waals surface area (Å²) in [6.07, 6.45) is 8.16. The molecule has 0 amide bonds. The van der Waals surface area contributed by atoms with Crippen molar-refractivity contribution in [2.75, 3.05) is 0 Å². The average Bonchev–Trinajstić information content (AvgIpc) is 1.58. The zero-order valence-corrected chi connectivity index (χ0v) is 48.9. The van der Waals surface area contributed by atoms with E-state index in [0.29, 0.717) is 47.8 Å². The van der Waals surface area contributed by atoms with Crippen molar-refractivity contribution in [1.29, 1.82) is 0 Å². The summed E-state index contributed by atoms with van der Waals surface area (Å²) in [6.45, 7) is 2.03. The standard InChI is InChI=1S/C19H13Cl2F3N3O.C19H14F4N3O.C13H16N3.C11H7F5N3/c20-13-6-11(19(22,23)24)7-14(21)18(13)27-9-26-16(25-27)8-28-15-5-10-3-1-2-4-12(10)17(15)26;1-9-14(20)16(22)19(17(23)15(9)21)26-8-25-13(24-26)7-27-12-6-10-4-2-3-5-11(10)18(12)25;1-15-10-16-12(7-8-13(16)14-15)9-11-5-3-2-4-6-11;12-6-7(13)9(15)11(10(16)8(6)14)19-4-18-3-1-2-5(18)17-19/h1-4,6-7,9,15,17H,5,8H2;2-5,8,12,18H,6-7H2,1H3;2-6,10,12H,7-9H2,1H3;4H,1-3H2/q4*+1/t15-,17+;12-,18+;12-;/m000./s1. The molecule has 8 heterocycles. The van der Waals surface area contributed by atoms with Crippen molar-refractivity contribution < 1.29 is 80.4 Å². The predicted octanol–water partition coefficient (Wildman–Crippen LogP) is 10.8. The molecule has 0 spiro atoms. The quantitative estimate of drug-likeness (QED) is 0.0736. The third-order valence-electron chi connectivity index (χ3n) is 16.8. The second-order valence-corrected chi connectivity index (χ2v) is 23.2. The lowest BCUT2D eigenvalue weighted by atomic mass is 10.0. The van der Waals surface area contributed by atoms with Crippen LogP contribution in [0, 0.1) is 59.3 Å². The molecule has 0 radical (unpaired) electrons. The normalized spacial score (nSPS) is 18.8. The fourth-order valence-electron chi connectivity index (χ4n) is 12.5. The molecule has 4 aromatic heterocycles. The van der Waals surface area contributed by atoms with Crippen LogP contribution in [0.25, 0.3) is 17.1 Å². The third kappa shape index (κ3) is 10.9. The largest absolute Gasteiger partial charge is 0.416 e. The lowest BCUT2D eigenvalue weighted by Crippen LogP contribution is -2.51. The average molecular weight is 1290 g/mol. The summed E-state index contributed by atoms with van der Waals surface area (Å²) in [5, 5.41) is 16.7. The van der Waals surface area contributed by atoms with Crippen LogP contribution in [0.2, 0.25) is 10.0 Å². The lowest BCUT2D eigenvalue weighted by molar-refractivity contribution is -0.739. The second-order valence-electron chi connectivity index (χ2n) is 22.4. The molecule has 6 aliphatic rings. The summed E-state index contributed by atoms with van der Waals surface area (Å²) in [4.78, 5) is 0. The van der Waals surface area contributed by atoms with Crippen molar-refractivity contribution in [2.45, 2.75) is 108 Å². The Balaban J connectivity index is 0.000000113. The summed E-state index contributed by atoms with van der Waals surface area (Å²) in [5.41, 5.74) is 2.63. The molecule has 10 aromatic rings. The molecule has 90 heavy (non-hydrogen) atoms. The van der Waals surface area contributed by atoms with E-state index < -0.39 is 81.0 Å². The predicted molar refractivity (Wildman–Crippen MR) is 294 cm³/mol. The number of rotatable bonds is 5. The summed E-state index contributed by atoms with van der Waals surface area (Å²) < 4.78 is 186. The fourth-order valence-corrected chi connectivity index (χ4v) is 13.2. The molecule has 0 fully saturated rings. The molecule has 0 saturated heterocycles. The lowest BCUT2D eigenvalue weighted by Gasteiger charge is -2.23. The minimum Gasteiger partial charge on any atom is -0.363 e. The van der Waals surface area contributed by atoms with Gasteiger partial charge < -0.3 is 9.47 Å². The van der Waals surface area contributed by atoms with Gasteiger partial charge in [0.15, 0.2) is 17.3 Å². The second kappa shape index (κ2) is 23.7. The van der Waals surface area contributed by atoms with Crippen molar-refractivity contribution in [3.05, 3.63) is 241 Å². The number of hydrogen-bond donors (Lipinski definition) is 0. The summed E-state index contributed by atoms with van der Waals surface area (Å²) in [6, 6.07) is 28.7. The first-order valence-electron chi connectivity index (χ1n) is 28.4. The minimum absolute atomic E-state index is 0.00824. The molecule has 464 valence electrons. The van der Waals surface area contributed by atoms with Gasteiger partial charge >= 0.3 is 17.8 Å². The fraction of sp³-hybridized carbons (Fsp3) is 0.290. The number of alkyl halides is 3. The van der Waals surface area contributed by atoms with E-state index in [1.54, 1.807) is 15.5 Å². The van der Waals surface area contributed by atoms with E-state index in [4.69, 9.17) is 32.7 Å². The van der Waals surface area contributed by atoms with Gasteiger partial charge in [-0.2, -0.15) is 30.7 Å². The Hall–Kier alpha value is -8.46. The van der Waals surface area contributed by atoms with Gasteiger partial charge in [0.1, 0.15) is 37.5 Å². The first-order valence-corrected chi connectivity index (χ1v) is 29.1. The number of hydrogen-bond acceptors (Lipinski definition) is 6. The summed E-state index contributed by atoms with van der Waals surface area (Å²) in [7, 11) is 1.99. The maximum atomic E-state index is 14.4. The van der Waals surface area contributed by atoms with Crippen LogP contribution in [0.1, 0.15) is 93.2 Å². The van der Waals surface area contributed by atoms with Crippen LogP contribution < -0.4 is 18.3 Å². The van der Waals surface area contributed by atoms with Gasteiger partial charge in [0.05, 0.1) is 35.2 Å². The molecule has 28 heteroatoms. The van der Waals surface area contributed by atoms with Gasteiger partial charge in [0, 0.05) is 58.1 Å². The number of benzene rings is 6. The molecule has 14 nitrogen and oxygen atoms in total. The van der Waals surface area contributed by atoms with Crippen LogP contribution >= 0.6 is 23.2 Å². The van der Waals surface area contributed by atoms with E-state index >= 15 is 0 Å². The number of ether oxygens (including phenoxy) is 2. The maximum absolute atomic E-state index is 14.4. The van der Waals surface area contributed by atoms with E-state index in [0.717, 1.165) is 72.5 Å². The summed E-state index contributed by atoms with van der Waals surface area (Å²) in [5.74, 6) is -12.9. The number of aryl methyl sites for hydroxylation is 4. The van der Waals surface area contributed by atoms with Crippen LogP contribution in [-0.2, 0) is 74.6 Å². The van der Waals surface area contributed by atoms with Crippen LogP contribution in [0.15, 0.2) is 116 Å². The number of halogens is 14. The molecular formula is C62H50Cl2F12N12O2+4. The zero-order valence-electron chi connectivity index (χ0n) is 47.4. The van der Waals surface area contributed by atoms with Gasteiger partial charge in [0.25, 0.3) is 11.6 Å². The monoisotopic (exact) mass is 1290 g/mol. The van der Waals surface area contributed by atoms with E-state index in [1.165, 1.54) is 40.7 Å². The van der Waals surface area contributed by atoms with Gasteiger partial charge in [-0.1, -0.05) is 116 Å². The van der Waals surface area contributed by atoms with Gasteiger partial charge in [-0.05, 0) is 59.7 Å². The highest BCUT2D eigenvalue weighted by Crippen LogP contribution is 2.40. The Morgan fingerprint density at radius 3 is 1.54 bits per heavy atom. The first-order chi connectivity index (χ1) is 43.1. The van der Waals surface area contributed by atoms with Gasteiger partial charge in [0.2, 0.25) is 77.4 Å². The highest BCUT2D eigenvalue weighted by Gasteiger charge is 2.46. The van der Waals surface area contributed by atoms with Crippen molar-refractivity contribution in [3.63, 3.8) is 0 Å². The number of nitrogens with zero attached hydrogens (tertiary/aromatic N) is 12. The van der Waals surface area contributed by atoms with Crippen LogP contribution in [0.3, 0.4) is 0 Å². The Bertz CT molecular complexity index is 4360. The van der Waals surface area contributed by atoms with Gasteiger partial charge in [-0.25, -0.2) is 40.2 Å². The zero-order chi connectivity index (χ0) is 63.2. The Morgan fingerprint density at radius 1 is 0.533 bits per heavy atom. The number of aromatic nitrogens is 12. The third-order valence-corrected chi connectivity index (χ3v) is 17.4. The van der Waals surface area contributed by atoms with E-state index in [1.807, 2.05) is 52.7 Å². The molecule has 0 unspecified atom stereocenters. The minimum atomic E-state index is -4.53. The smallest absolute Gasteiger partial charge is 0.363 e. The van der Waals surface area contributed by atoms with E-state index in [-0.39, 0.29) is 46.6 Å². The first kappa shape index (κ1) is 60.5. The summed E-state index contributed by atoms with van der Waals surface area (Å²) >= 11 is 12.3. The molecule has 4 aliphatic heterocycles. The molecule has 0 saturated carbocycles. The molecule has 16 rings (SSSR count). The molecular weight excluding hydrogens is 1240 g/mol. The van der Waals surface area contributed by atoms with Crippen LogP contribution in [0.4, 0.5) is 52.7 Å². The van der Waals surface area contributed by atoms with Crippen LogP contribution in [0.5, 0.6) is 0 Å². The van der Waals surface area contributed by atoms with E-state index in [9.17, 15) is 52.7 Å². The van der Waals surface area contributed by atoms with Gasteiger partial charge in [-0.15, -0.1) is 4.68 Å². The van der Waals surface area contributed by atoms with Crippen LogP contribution in [-0.4, -0.2) is 51.3 Å². The molecule has 6 aromatic carbocycles. The topological polar surface area (TPSA) is 105 Å². The van der Waals surface area contributed by atoms with Crippen molar-refractivity contribution in [3.8, 4) is 17.1 Å². The number of fused-ring (bicyclic) bond motifs is 12. The molecule has 2 aliphatic carbocycles. The van der Waals surface area contributed by atoms with Crippen molar-refractivity contribution >= 4 is 23.2 Å². The highest BCUT2D eigenvalue weighted by molar-refractivity contribution is 6.37. The Kier molecular flexibility index (Phi) is 15.9. The van der Waals surface area contributed by atoms with Crippen molar-refractivity contribution in [2.24, 2.45) is 7.05 Å². The molecule has 5 atom stereocenters. The molecule has 0 bridgehead atoms. The highest BCUT2D eigenvalue weighted by atomic mass is 35.5. The Morgan fingerprint density at radius 2 is 1.01 bits per heavy atom. The van der Waals surface area contributed by atoms with Gasteiger partial charge in [-0.3, -0.25) is 0 Å². The molecule has 0 N–H and O–H groups in total.